The predicted octanol–water partition coefficient (Wildman–Crippen LogP) is 10.0. The van der Waals surface area contributed by atoms with Crippen molar-refractivity contribution in [3.05, 3.63) is 142 Å². The van der Waals surface area contributed by atoms with Crippen LogP contribution in [0.3, 0.4) is 0 Å². The van der Waals surface area contributed by atoms with E-state index in [-0.39, 0.29) is 0 Å². The van der Waals surface area contributed by atoms with Gasteiger partial charge in [0.25, 0.3) is 0 Å². The van der Waals surface area contributed by atoms with Gasteiger partial charge in [-0.3, -0.25) is 0 Å². The van der Waals surface area contributed by atoms with Gasteiger partial charge in [0.15, 0.2) is 11.3 Å². The minimum atomic E-state index is 0.700. The largest absolute Gasteiger partial charge is 0.497 e. The fraction of sp³-hybridized carbons (Fsp3) is 0.100. The van der Waals surface area contributed by atoms with Crippen LogP contribution in [0.1, 0.15) is 11.1 Å². The normalized spacial score (nSPS) is 10.8. The van der Waals surface area contributed by atoms with Crippen molar-refractivity contribution in [2.24, 2.45) is 0 Å². The molecule has 0 spiro atoms. The van der Waals surface area contributed by atoms with Crippen LogP contribution < -0.4 is 20.1 Å². The minimum Gasteiger partial charge on any atom is -0.497 e. The van der Waals surface area contributed by atoms with Gasteiger partial charge >= 0.3 is 0 Å². The van der Waals surface area contributed by atoms with Crippen molar-refractivity contribution < 1.29 is 9.47 Å². The number of ether oxygens (including phenoxy) is 2. The summed E-state index contributed by atoms with van der Waals surface area (Å²) in [6.07, 6.45) is 3.50. The molecule has 0 amide bonds. The number of aromatic amines is 2. The second-order valence-electron chi connectivity index (χ2n) is 11.7. The molecule has 52 heavy (non-hydrogen) atoms. The molecule has 8 rings (SSSR count). The molecule has 4 aromatic heterocycles. The Bertz CT molecular complexity index is 2430. The molecule has 4 heterocycles. The number of rotatable bonds is 10. The highest BCUT2D eigenvalue weighted by Gasteiger charge is 2.09. The number of imidazole rings is 2. The first-order chi connectivity index (χ1) is 25.4. The topological polar surface area (TPSA) is 126 Å². The van der Waals surface area contributed by atoms with Crippen LogP contribution in [0.5, 0.6) is 11.5 Å². The number of halogens is 2. The van der Waals surface area contributed by atoms with Crippen molar-refractivity contribution in [1.82, 2.24) is 29.9 Å². The minimum absolute atomic E-state index is 0.700. The van der Waals surface area contributed by atoms with Crippen LogP contribution in [-0.2, 0) is 13.1 Å². The van der Waals surface area contributed by atoms with Gasteiger partial charge < -0.3 is 30.1 Å². The second kappa shape index (κ2) is 16.1. The molecular formula is C40H34Br2N8O2. The molecule has 12 heteroatoms. The standard InChI is InChI=1S/2C20H17BrN4O/c1-26-17-4-2-3-13(9-17)11-22-16-7-5-14(6-8-16)19-24-18-10-15(21)12-23-20(18)25-19;1-26-18-5-3-2-4-14(18)11-22-16-8-6-13(7-9-16)19-24-17-10-15(21)12-23-20(17)25-19/h2*2-10,12,22H,11H2,1H3,(H,23,24,25). The van der Waals surface area contributed by atoms with Gasteiger partial charge in [0.2, 0.25) is 0 Å². The van der Waals surface area contributed by atoms with Crippen LogP contribution in [-0.4, -0.2) is 44.1 Å². The van der Waals surface area contributed by atoms with Crippen molar-refractivity contribution in [1.29, 1.82) is 0 Å². The Balaban J connectivity index is 0.000000162. The zero-order valence-electron chi connectivity index (χ0n) is 28.3. The summed E-state index contributed by atoms with van der Waals surface area (Å²) < 4.78 is 12.5. The van der Waals surface area contributed by atoms with Gasteiger partial charge in [0, 0.05) is 62.5 Å². The van der Waals surface area contributed by atoms with Gasteiger partial charge in [0.05, 0.1) is 25.3 Å². The lowest BCUT2D eigenvalue weighted by Crippen LogP contribution is -2.01. The fourth-order valence-corrected chi connectivity index (χ4v) is 6.21. The fourth-order valence-electron chi connectivity index (χ4n) is 5.55. The second-order valence-corrected chi connectivity index (χ2v) is 13.6. The van der Waals surface area contributed by atoms with Crippen LogP contribution in [0.2, 0.25) is 0 Å². The van der Waals surface area contributed by atoms with Crippen LogP contribution >= 0.6 is 31.9 Å². The molecule has 0 fully saturated rings. The maximum atomic E-state index is 5.39. The molecule has 0 atom stereocenters. The molecule has 260 valence electrons. The summed E-state index contributed by atoms with van der Waals surface area (Å²) in [4.78, 5) is 24.3. The van der Waals surface area contributed by atoms with Gasteiger partial charge in [-0.05, 0) is 116 Å². The molecule has 8 aromatic rings. The first-order valence-electron chi connectivity index (χ1n) is 16.4. The highest BCUT2D eigenvalue weighted by molar-refractivity contribution is 9.10. The molecule has 10 nitrogen and oxygen atoms in total. The van der Waals surface area contributed by atoms with Crippen molar-refractivity contribution in [3.63, 3.8) is 0 Å². The summed E-state index contributed by atoms with van der Waals surface area (Å²) in [5.74, 6) is 3.37. The molecule has 0 aliphatic rings. The number of hydrogen-bond donors (Lipinski definition) is 4. The molecule has 0 aliphatic carbocycles. The summed E-state index contributed by atoms with van der Waals surface area (Å²) in [6, 6.07) is 36.3. The molecular weight excluding hydrogens is 784 g/mol. The first kappa shape index (κ1) is 34.7. The Morgan fingerprint density at radius 1 is 0.596 bits per heavy atom. The number of pyridine rings is 2. The highest BCUT2D eigenvalue weighted by atomic mass is 79.9. The lowest BCUT2D eigenvalue weighted by molar-refractivity contribution is 0.410. The SMILES string of the molecule is COc1cccc(CNc2ccc(-c3nc4ncc(Br)cc4[nH]3)cc2)c1.COc1ccccc1CNc1ccc(-c2nc3ncc(Br)cc3[nH]2)cc1. The molecule has 0 aliphatic heterocycles. The number of nitrogens with one attached hydrogen (secondary N) is 4. The van der Waals surface area contributed by atoms with Gasteiger partial charge in [-0.25, -0.2) is 19.9 Å². The van der Waals surface area contributed by atoms with Crippen molar-refractivity contribution in [2.45, 2.75) is 13.1 Å². The third-order valence-corrected chi connectivity index (χ3v) is 9.10. The van der Waals surface area contributed by atoms with Crippen LogP contribution in [0.25, 0.3) is 45.1 Å². The molecule has 0 unspecified atom stereocenters. The Kier molecular flexibility index (Phi) is 10.7. The molecule has 0 saturated heterocycles. The van der Waals surface area contributed by atoms with E-state index in [9.17, 15) is 0 Å². The monoisotopic (exact) mass is 816 g/mol. The van der Waals surface area contributed by atoms with E-state index >= 15 is 0 Å². The van der Waals surface area contributed by atoms with Gasteiger partial charge in [0.1, 0.15) is 23.1 Å². The molecule has 4 N–H and O–H groups in total. The lowest BCUT2D eigenvalue weighted by atomic mass is 10.1. The van der Waals surface area contributed by atoms with Gasteiger partial charge in [-0.2, -0.15) is 0 Å². The zero-order chi connectivity index (χ0) is 35.9. The third kappa shape index (κ3) is 8.42. The number of fused-ring (bicyclic) bond motifs is 2. The summed E-state index contributed by atoms with van der Waals surface area (Å²) in [5, 5.41) is 6.84. The first-order valence-corrected chi connectivity index (χ1v) is 18.0. The lowest BCUT2D eigenvalue weighted by Gasteiger charge is -2.10. The number of anilines is 2. The highest BCUT2D eigenvalue weighted by Crippen LogP contribution is 2.26. The van der Waals surface area contributed by atoms with E-state index in [0.29, 0.717) is 17.8 Å². The number of H-pyrrole nitrogens is 2. The Morgan fingerprint density at radius 3 is 1.71 bits per heavy atom. The Morgan fingerprint density at radius 2 is 1.15 bits per heavy atom. The van der Waals surface area contributed by atoms with E-state index in [0.717, 1.165) is 77.7 Å². The van der Waals surface area contributed by atoms with Crippen molar-refractivity contribution in [3.8, 4) is 34.3 Å². The zero-order valence-corrected chi connectivity index (χ0v) is 31.5. The number of methoxy groups -OCH3 is 2. The molecule has 0 bridgehead atoms. The number of para-hydroxylation sites is 1. The van der Waals surface area contributed by atoms with Crippen molar-refractivity contribution >= 4 is 65.6 Å². The number of nitrogens with zero attached hydrogens (tertiary/aromatic N) is 4. The molecule has 0 saturated carbocycles. The number of hydrogen-bond acceptors (Lipinski definition) is 8. The van der Waals surface area contributed by atoms with E-state index in [2.05, 4.69) is 84.5 Å². The van der Waals surface area contributed by atoms with Crippen molar-refractivity contribution in [2.75, 3.05) is 24.9 Å². The van der Waals surface area contributed by atoms with Crippen LogP contribution in [0.15, 0.2) is 131 Å². The van der Waals surface area contributed by atoms with Gasteiger partial charge in [-0.15, -0.1) is 0 Å². The summed E-state index contributed by atoms with van der Waals surface area (Å²) in [5.41, 5.74) is 9.65. The van der Waals surface area contributed by atoms with E-state index < -0.39 is 0 Å². The van der Waals surface area contributed by atoms with Crippen LogP contribution in [0, 0.1) is 0 Å². The molecule has 0 radical (unpaired) electrons. The maximum absolute atomic E-state index is 5.39. The third-order valence-electron chi connectivity index (χ3n) is 8.23. The maximum Gasteiger partial charge on any atom is 0.178 e. The quantitative estimate of drug-likeness (QED) is 0.108. The molecule has 4 aromatic carbocycles. The summed E-state index contributed by atoms with van der Waals surface area (Å²) in [7, 11) is 3.37. The average molecular weight is 819 g/mol. The van der Waals surface area contributed by atoms with E-state index in [4.69, 9.17) is 9.47 Å². The number of benzene rings is 4. The van der Waals surface area contributed by atoms with Crippen LogP contribution in [0.4, 0.5) is 11.4 Å². The Hall–Kier alpha value is -5.72. The number of aromatic nitrogens is 6. The van der Waals surface area contributed by atoms with E-state index in [1.165, 1.54) is 5.56 Å². The van der Waals surface area contributed by atoms with Gasteiger partial charge in [-0.1, -0.05) is 30.3 Å². The Labute approximate surface area is 317 Å². The summed E-state index contributed by atoms with van der Waals surface area (Å²) in [6.45, 7) is 1.44. The smallest absolute Gasteiger partial charge is 0.178 e. The summed E-state index contributed by atoms with van der Waals surface area (Å²) >= 11 is 6.85. The predicted molar refractivity (Wildman–Crippen MR) is 215 cm³/mol. The van der Waals surface area contributed by atoms with E-state index in [1.54, 1.807) is 26.6 Å². The van der Waals surface area contributed by atoms with E-state index in [1.807, 2.05) is 97.1 Å². The average Bonchev–Trinajstić information content (AvgIpc) is 3.81.